The highest BCUT2D eigenvalue weighted by Crippen LogP contribution is 2.30. The van der Waals surface area contributed by atoms with Gasteiger partial charge in [0.1, 0.15) is 5.82 Å². The molecule has 0 aliphatic rings. The SMILES string of the molecule is CCNC(CCC(C)(C)C)c1cccc(Cl)c1F. The van der Waals surface area contributed by atoms with Crippen LogP contribution in [0.5, 0.6) is 0 Å². The second-order valence-corrected chi connectivity index (χ2v) is 6.26. The van der Waals surface area contributed by atoms with Gasteiger partial charge in [0.05, 0.1) is 5.02 Å². The van der Waals surface area contributed by atoms with Gasteiger partial charge in [-0.2, -0.15) is 0 Å². The van der Waals surface area contributed by atoms with Gasteiger partial charge in [-0.25, -0.2) is 4.39 Å². The van der Waals surface area contributed by atoms with Crippen LogP contribution >= 0.6 is 11.6 Å². The molecule has 0 bridgehead atoms. The van der Waals surface area contributed by atoms with Crippen LogP contribution in [0.2, 0.25) is 5.02 Å². The van der Waals surface area contributed by atoms with Crippen LogP contribution < -0.4 is 5.32 Å². The molecule has 0 saturated carbocycles. The molecule has 0 radical (unpaired) electrons. The summed E-state index contributed by atoms with van der Waals surface area (Å²) in [6, 6.07) is 5.25. The summed E-state index contributed by atoms with van der Waals surface area (Å²) in [5.74, 6) is -0.293. The van der Waals surface area contributed by atoms with Crippen LogP contribution in [0.3, 0.4) is 0 Å². The topological polar surface area (TPSA) is 12.0 Å². The van der Waals surface area contributed by atoms with Crippen LogP contribution in [0.25, 0.3) is 0 Å². The molecule has 102 valence electrons. The smallest absolute Gasteiger partial charge is 0.146 e. The number of benzene rings is 1. The van der Waals surface area contributed by atoms with Crippen molar-refractivity contribution in [3.05, 3.63) is 34.6 Å². The lowest BCUT2D eigenvalue weighted by molar-refractivity contribution is 0.330. The van der Waals surface area contributed by atoms with Gasteiger partial charge >= 0.3 is 0 Å². The van der Waals surface area contributed by atoms with Crippen molar-refractivity contribution < 1.29 is 4.39 Å². The molecule has 0 amide bonds. The van der Waals surface area contributed by atoms with Gasteiger partial charge in [0.15, 0.2) is 0 Å². The summed E-state index contributed by atoms with van der Waals surface area (Å²) in [6.45, 7) is 9.45. The molecule has 1 aromatic rings. The third-order valence-electron chi connectivity index (χ3n) is 2.99. The molecule has 0 aliphatic carbocycles. The van der Waals surface area contributed by atoms with Crippen LogP contribution in [0.1, 0.15) is 52.1 Å². The first-order valence-corrected chi connectivity index (χ1v) is 6.90. The van der Waals surface area contributed by atoms with E-state index in [1.165, 1.54) is 0 Å². The van der Waals surface area contributed by atoms with E-state index >= 15 is 0 Å². The molecule has 1 unspecified atom stereocenters. The van der Waals surface area contributed by atoms with E-state index in [2.05, 4.69) is 26.1 Å². The molecule has 0 saturated heterocycles. The fourth-order valence-electron chi connectivity index (χ4n) is 1.98. The predicted molar refractivity (Wildman–Crippen MR) is 76.5 cm³/mol. The van der Waals surface area contributed by atoms with Crippen LogP contribution in [0, 0.1) is 11.2 Å². The van der Waals surface area contributed by atoms with Gasteiger partial charge in [-0.15, -0.1) is 0 Å². The third kappa shape index (κ3) is 4.58. The van der Waals surface area contributed by atoms with Crippen molar-refractivity contribution in [3.63, 3.8) is 0 Å². The maximum Gasteiger partial charge on any atom is 0.146 e. The summed E-state index contributed by atoms with van der Waals surface area (Å²) in [5, 5.41) is 3.54. The molecule has 3 heteroatoms. The Morgan fingerprint density at radius 1 is 1.33 bits per heavy atom. The second kappa shape index (κ2) is 6.53. The third-order valence-corrected chi connectivity index (χ3v) is 3.28. The molecule has 0 spiro atoms. The molecule has 1 atom stereocenters. The van der Waals surface area contributed by atoms with Crippen molar-refractivity contribution in [2.24, 2.45) is 5.41 Å². The van der Waals surface area contributed by atoms with E-state index in [0.29, 0.717) is 5.56 Å². The number of rotatable bonds is 5. The fourth-order valence-corrected chi connectivity index (χ4v) is 2.16. The van der Waals surface area contributed by atoms with Crippen molar-refractivity contribution in [2.75, 3.05) is 6.54 Å². The monoisotopic (exact) mass is 271 g/mol. The average Bonchev–Trinajstić information content (AvgIpc) is 2.27. The maximum absolute atomic E-state index is 14.0. The normalized spacial score (nSPS) is 13.7. The number of nitrogens with one attached hydrogen (secondary N) is 1. The molecule has 0 aliphatic heterocycles. The first kappa shape index (κ1) is 15.5. The van der Waals surface area contributed by atoms with Gasteiger partial charge in [0.25, 0.3) is 0 Å². The van der Waals surface area contributed by atoms with Gasteiger partial charge in [0, 0.05) is 11.6 Å². The van der Waals surface area contributed by atoms with Gasteiger partial charge < -0.3 is 5.32 Å². The lowest BCUT2D eigenvalue weighted by atomic mass is 9.87. The first-order chi connectivity index (χ1) is 8.35. The van der Waals surface area contributed by atoms with Crippen LogP contribution in [0.15, 0.2) is 18.2 Å². The minimum atomic E-state index is -0.293. The van der Waals surface area contributed by atoms with Crippen molar-refractivity contribution in [3.8, 4) is 0 Å². The van der Waals surface area contributed by atoms with E-state index in [0.717, 1.165) is 19.4 Å². The number of hydrogen-bond acceptors (Lipinski definition) is 1. The summed E-state index contributed by atoms with van der Waals surface area (Å²) < 4.78 is 14.0. The highest BCUT2D eigenvalue weighted by molar-refractivity contribution is 6.30. The lowest BCUT2D eigenvalue weighted by Crippen LogP contribution is -2.23. The predicted octanol–water partition coefficient (Wildman–Crippen LogP) is 4.96. The molecule has 1 aromatic carbocycles. The van der Waals surface area contributed by atoms with Gasteiger partial charge in [-0.3, -0.25) is 0 Å². The summed E-state index contributed by atoms with van der Waals surface area (Å²) in [5.41, 5.74) is 0.927. The van der Waals surface area contributed by atoms with Crippen molar-refractivity contribution >= 4 is 11.6 Å². The largest absolute Gasteiger partial charge is 0.310 e. The van der Waals surface area contributed by atoms with Crippen molar-refractivity contribution in [1.29, 1.82) is 0 Å². The molecule has 1 nitrogen and oxygen atoms in total. The van der Waals surface area contributed by atoms with E-state index in [1.54, 1.807) is 6.07 Å². The summed E-state index contributed by atoms with van der Waals surface area (Å²) in [6.07, 6.45) is 1.95. The lowest BCUT2D eigenvalue weighted by Gasteiger charge is -2.24. The molecular weight excluding hydrogens is 249 g/mol. The average molecular weight is 272 g/mol. The Morgan fingerprint density at radius 3 is 2.56 bits per heavy atom. The molecule has 18 heavy (non-hydrogen) atoms. The van der Waals surface area contributed by atoms with Gasteiger partial charge in [-0.1, -0.05) is 51.4 Å². The molecular formula is C15H23ClFN. The first-order valence-electron chi connectivity index (χ1n) is 6.52. The van der Waals surface area contributed by atoms with Crippen molar-refractivity contribution in [2.45, 2.75) is 46.6 Å². The van der Waals surface area contributed by atoms with Crippen LogP contribution in [-0.2, 0) is 0 Å². The van der Waals surface area contributed by atoms with Crippen LogP contribution in [-0.4, -0.2) is 6.54 Å². The molecule has 0 aromatic heterocycles. The number of hydrogen-bond donors (Lipinski definition) is 1. The minimum Gasteiger partial charge on any atom is -0.310 e. The zero-order valence-electron chi connectivity index (χ0n) is 11.7. The Balaban J connectivity index is 2.87. The highest BCUT2D eigenvalue weighted by Gasteiger charge is 2.19. The standard InChI is InChI=1S/C15H23ClFN/c1-5-18-13(9-10-15(2,3)4)11-7-6-8-12(16)14(11)17/h6-8,13,18H,5,9-10H2,1-4H3. The summed E-state index contributed by atoms with van der Waals surface area (Å²) in [7, 11) is 0. The Morgan fingerprint density at radius 2 is 2.00 bits per heavy atom. The van der Waals surface area contributed by atoms with E-state index in [1.807, 2.05) is 19.1 Å². The van der Waals surface area contributed by atoms with Gasteiger partial charge in [0.2, 0.25) is 0 Å². The zero-order chi connectivity index (χ0) is 13.8. The molecule has 0 heterocycles. The zero-order valence-corrected chi connectivity index (χ0v) is 12.4. The minimum absolute atomic E-state index is 0.0351. The van der Waals surface area contributed by atoms with E-state index in [4.69, 9.17) is 11.6 Å². The Hall–Kier alpha value is -0.600. The van der Waals surface area contributed by atoms with Crippen LogP contribution in [0.4, 0.5) is 4.39 Å². The Labute approximate surface area is 115 Å². The fraction of sp³-hybridized carbons (Fsp3) is 0.600. The van der Waals surface area contributed by atoms with Gasteiger partial charge in [-0.05, 0) is 30.9 Å². The van der Waals surface area contributed by atoms with E-state index < -0.39 is 0 Å². The molecule has 1 rings (SSSR count). The second-order valence-electron chi connectivity index (χ2n) is 5.85. The molecule has 1 N–H and O–H groups in total. The van der Waals surface area contributed by atoms with E-state index in [9.17, 15) is 4.39 Å². The summed E-state index contributed by atoms with van der Waals surface area (Å²) >= 11 is 5.85. The van der Waals surface area contributed by atoms with Crippen molar-refractivity contribution in [1.82, 2.24) is 5.32 Å². The number of halogens is 2. The quantitative estimate of drug-likeness (QED) is 0.798. The Bertz CT molecular complexity index is 385. The maximum atomic E-state index is 14.0. The highest BCUT2D eigenvalue weighted by atomic mass is 35.5. The summed E-state index contributed by atoms with van der Waals surface area (Å²) in [4.78, 5) is 0. The molecule has 0 fully saturated rings. The van der Waals surface area contributed by atoms with E-state index in [-0.39, 0.29) is 22.3 Å². The Kier molecular flexibility index (Phi) is 5.61.